The zero-order chi connectivity index (χ0) is 15.9. The van der Waals surface area contributed by atoms with Gasteiger partial charge >= 0.3 is 5.97 Å². The molecule has 1 rings (SSSR count). The average Bonchev–Trinajstić information content (AvgIpc) is 2.50. The van der Waals surface area contributed by atoms with Crippen molar-refractivity contribution < 1.29 is 23.1 Å². The van der Waals surface area contributed by atoms with Gasteiger partial charge in [0.2, 0.25) is 0 Å². The zero-order valence-corrected chi connectivity index (χ0v) is 13.6. The molecule has 1 N–H and O–H groups in total. The van der Waals surface area contributed by atoms with Gasteiger partial charge in [0.1, 0.15) is 0 Å². The van der Waals surface area contributed by atoms with Gasteiger partial charge in [-0.05, 0) is 12.8 Å². The first-order valence-corrected chi connectivity index (χ1v) is 8.74. The van der Waals surface area contributed by atoms with Crippen LogP contribution < -0.4 is 0 Å². The Labute approximate surface area is 127 Å². The SMILES string of the molecule is COC(=O)CCN(C)S(=O)(=O)N(CCO)C1CCCCC1. The van der Waals surface area contributed by atoms with Gasteiger partial charge in [-0.15, -0.1) is 0 Å². The predicted molar refractivity (Wildman–Crippen MR) is 78.8 cm³/mol. The molecule has 0 saturated heterocycles. The molecule has 1 aliphatic rings. The number of hydrogen-bond donors (Lipinski definition) is 1. The molecule has 8 heteroatoms. The van der Waals surface area contributed by atoms with Crippen molar-refractivity contribution in [1.82, 2.24) is 8.61 Å². The van der Waals surface area contributed by atoms with Crippen LogP contribution in [0, 0.1) is 0 Å². The van der Waals surface area contributed by atoms with Gasteiger partial charge < -0.3 is 9.84 Å². The number of carbonyl (C=O) groups excluding carboxylic acids is 1. The van der Waals surface area contributed by atoms with Crippen LogP contribution in [0.1, 0.15) is 38.5 Å². The second-order valence-corrected chi connectivity index (χ2v) is 7.27. The molecule has 0 atom stereocenters. The van der Waals surface area contributed by atoms with E-state index in [0.29, 0.717) is 0 Å². The smallest absolute Gasteiger partial charge is 0.306 e. The highest BCUT2D eigenvalue weighted by Gasteiger charge is 2.33. The van der Waals surface area contributed by atoms with E-state index in [2.05, 4.69) is 4.74 Å². The van der Waals surface area contributed by atoms with Gasteiger partial charge in [0.15, 0.2) is 0 Å². The molecule has 21 heavy (non-hydrogen) atoms. The minimum Gasteiger partial charge on any atom is -0.469 e. The summed E-state index contributed by atoms with van der Waals surface area (Å²) in [5.74, 6) is -0.441. The molecule has 0 radical (unpaired) electrons. The van der Waals surface area contributed by atoms with Crippen LogP contribution in [0.5, 0.6) is 0 Å². The Morgan fingerprint density at radius 3 is 2.38 bits per heavy atom. The van der Waals surface area contributed by atoms with Crippen molar-refractivity contribution in [1.29, 1.82) is 0 Å². The van der Waals surface area contributed by atoms with Gasteiger partial charge in [-0.2, -0.15) is 17.0 Å². The van der Waals surface area contributed by atoms with Crippen LogP contribution in [0.2, 0.25) is 0 Å². The first-order valence-electron chi connectivity index (χ1n) is 7.34. The first-order chi connectivity index (χ1) is 9.93. The number of carbonyl (C=O) groups is 1. The van der Waals surface area contributed by atoms with E-state index >= 15 is 0 Å². The van der Waals surface area contributed by atoms with Crippen LogP contribution >= 0.6 is 0 Å². The maximum absolute atomic E-state index is 12.6. The lowest BCUT2D eigenvalue weighted by Gasteiger charge is -2.35. The molecular weight excluding hydrogens is 296 g/mol. The number of methoxy groups -OCH3 is 1. The van der Waals surface area contributed by atoms with Crippen molar-refractivity contribution in [3.63, 3.8) is 0 Å². The molecule has 0 aromatic heterocycles. The summed E-state index contributed by atoms with van der Waals surface area (Å²) in [6.07, 6.45) is 4.81. The molecule has 1 aliphatic carbocycles. The Balaban J connectivity index is 2.75. The number of rotatable bonds is 8. The number of aliphatic hydroxyl groups excluding tert-OH is 1. The second-order valence-electron chi connectivity index (χ2n) is 5.28. The number of ether oxygens (including phenoxy) is 1. The predicted octanol–water partition coefficient (Wildman–Crippen LogP) is 0.353. The standard InChI is InChI=1S/C13H26N2O5S/c1-14(9-8-13(17)20-2)21(18,19)15(10-11-16)12-6-4-3-5-7-12/h12,16H,3-11H2,1-2H3. The minimum atomic E-state index is -3.67. The topological polar surface area (TPSA) is 87.2 Å². The van der Waals surface area contributed by atoms with E-state index in [9.17, 15) is 13.2 Å². The fourth-order valence-electron chi connectivity index (χ4n) is 2.60. The van der Waals surface area contributed by atoms with Crippen LogP contribution in [0.4, 0.5) is 0 Å². The van der Waals surface area contributed by atoms with E-state index in [4.69, 9.17) is 5.11 Å². The van der Waals surface area contributed by atoms with Crippen molar-refractivity contribution in [2.24, 2.45) is 0 Å². The highest BCUT2D eigenvalue weighted by molar-refractivity contribution is 7.86. The minimum absolute atomic E-state index is 0.0177. The molecule has 0 aromatic rings. The summed E-state index contributed by atoms with van der Waals surface area (Å²) in [4.78, 5) is 11.1. The summed E-state index contributed by atoms with van der Waals surface area (Å²) in [7, 11) is -0.943. The third-order valence-electron chi connectivity index (χ3n) is 3.85. The molecule has 124 valence electrons. The second kappa shape index (κ2) is 8.67. The number of nitrogens with zero attached hydrogens (tertiary/aromatic N) is 2. The van der Waals surface area contributed by atoms with Gasteiger partial charge in [0.25, 0.3) is 10.2 Å². The maximum Gasteiger partial charge on any atom is 0.306 e. The van der Waals surface area contributed by atoms with Crippen LogP contribution in [-0.2, 0) is 19.7 Å². The third kappa shape index (κ3) is 5.21. The molecular formula is C13H26N2O5S. The zero-order valence-electron chi connectivity index (χ0n) is 12.8. The summed E-state index contributed by atoms with van der Waals surface area (Å²) in [6.45, 7) is -0.0419. The lowest BCUT2D eigenvalue weighted by Crippen LogP contribution is -2.49. The lowest BCUT2D eigenvalue weighted by molar-refractivity contribution is -0.140. The molecule has 0 aliphatic heterocycles. The summed E-state index contributed by atoms with van der Waals surface area (Å²) >= 11 is 0. The molecule has 0 bridgehead atoms. The molecule has 0 aromatic carbocycles. The quantitative estimate of drug-likeness (QED) is 0.652. The van der Waals surface area contributed by atoms with Crippen LogP contribution in [0.25, 0.3) is 0 Å². The monoisotopic (exact) mass is 322 g/mol. The van der Waals surface area contributed by atoms with E-state index in [1.165, 1.54) is 18.5 Å². The highest BCUT2D eigenvalue weighted by atomic mass is 32.2. The van der Waals surface area contributed by atoms with Crippen molar-refractivity contribution in [3.8, 4) is 0 Å². The van der Waals surface area contributed by atoms with Gasteiger partial charge in [0, 0.05) is 26.2 Å². The molecule has 0 heterocycles. The normalized spacial score (nSPS) is 17.4. The number of hydrogen-bond acceptors (Lipinski definition) is 5. The Hall–Kier alpha value is -0.700. The summed E-state index contributed by atoms with van der Waals surface area (Å²) in [6, 6.07) is -0.0588. The molecule has 7 nitrogen and oxygen atoms in total. The Kier molecular flexibility index (Phi) is 7.58. The van der Waals surface area contributed by atoms with Crippen LogP contribution in [0.15, 0.2) is 0 Å². The fraction of sp³-hybridized carbons (Fsp3) is 0.923. The Morgan fingerprint density at radius 2 is 1.86 bits per heavy atom. The van der Waals surface area contributed by atoms with E-state index in [1.54, 1.807) is 0 Å². The van der Waals surface area contributed by atoms with Crippen molar-refractivity contribution in [3.05, 3.63) is 0 Å². The maximum atomic E-state index is 12.6. The van der Waals surface area contributed by atoms with Crippen molar-refractivity contribution in [2.45, 2.75) is 44.6 Å². The van der Waals surface area contributed by atoms with Crippen molar-refractivity contribution >= 4 is 16.2 Å². The van der Waals surface area contributed by atoms with E-state index < -0.39 is 16.2 Å². The summed E-state index contributed by atoms with van der Waals surface area (Å²) < 4.78 is 32.3. The lowest BCUT2D eigenvalue weighted by atomic mass is 9.95. The Bertz CT molecular complexity index is 420. The highest BCUT2D eigenvalue weighted by Crippen LogP contribution is 2.25. The fourth-order valence-corrected chi connectivity index (χ4v) is 4.18. The van der Waals surface area contributed by atoms with Gasteiger partial charge in [-0.1, -0.05) is 19.3 Å². The summed E-state index contributed by atoms with van der Waals surface area (Å²) in [5, 5.41) is 9.17. The van der Waals surface area contributed by atoms with E-state index in [0.717, 1.165) is 36.4 Å². The largest absolute Gasteiger partial charge is 0.469 e. The number of esters is 1. The van der Waals surface area contributed by atoms with Gasteiger partial charge in [-0.25, -0.2) is 0 Å². The van der Waals surface area contributed by atoms with Gasteiger partial charge in [-0.3, -0.25) is 4.79 Å². The molecule has 0 unspecified atom stereocenters. The molecule has 0 amide bonds. The Morgan fingerprint density at radius 1 is 1.24 bits per heavy atom. The summed E-state index contributed by atoms with van der Waals surface area (Å²) in [5.41, 5.74) is 0. The van der Waals surface area contributed by atoms with E-state index in [-0.39, 0.29) is 32.2 Å². The van der Waals surface area contributed by atoms with Gasteiger partial charge in [0.05, 0.1) is 20.1 Å². The van der Waals surface area contributed by atoms with Crippen molar-refractivity contribution in [2.75, 3.05) is 33.9 Å². The van der Waals surface area contributed by atoms with Crippen LogP contribution in [0.3, 0.4) is 0 Å². The average molecular weight is 322 g/mol. The number of aliphatic hydroxyl groups is 1. The van der Waals surface area contributed by atoms with E-state index in [1.807, 2.05) is 0 Å². The molecule has 0 spiro atoms. The molecule has 1 fully saturated rings. The first kappa shape index (κ1) is 18.3. The third-order valence-corrected chi connectivity index (χ3v) is 5.89. The molecule has 1 saturated carbocycles. The van der Waals surface area contributed by atoms with Crippen LogP contribution in [-0.4, -0.2) is 68.0 Å².